The highest BCUT2D eigenvalue weighted by molar-refractivity contribution is 6.01. The molecule has 49 heavy (non-hydrogen) atoms. The fourth-order valence-corrected chi connectivity index (χ4v) is 4.44. The van der Waals surface area contributed by atoms with Gasteiger partial charge in [-0.25, -0.2) is 19.2 Å². The van der Waals surface area contributed by atoms with Crippen LogP contribution >= 0.6 is 0 Å². The van der Waals surface area contributed by atoms with Crippen molar-refractivity contribution in [1.82, 2.24) is 9.80 Å². The molecule has 0 aliphatic carbocycles. The number of nitro benzene ring substituents is 1. The number of nitrogens with zero attached hydrogens (tertiary/aromatic N) is 3. The zero-order chi connectivity index (χ0) is 37.6. The predicted octanol–water partition coefficient (Wildman–Crippen LogP) is 5.21. The third-order valence-corrected chi connectivity index (χ3v) is 6.40. The Bertz CT molecular complexity index is 1440. The molecule has 1 aromatic rings. The number of benzene rings is 1. The fourth-order valence-electron chi connectivity index (χ4n) is 4.44. The Hall–Kier alpha value is -4.99. The Balaban J connectivity index is 0.00000589. The van der Waals surface area contributed by atoms with Gasteiger partial charge >= 0.3 is 30.1 Å². The summed E-state index contributed by atoms with van der Waals surface area (Å²) < 4.78 is 31.1. The van der Waals surface area contributed by atoms with E-state index in [9.17, 15) is 34.1 Å². The van der Waals surface area contributed by atoms with E-state index in [1.807, 2.05) is 13.8 Å². The molecular weight excluding hydrogens is 646 g/mol. The first kappa shape index (κ1) is 42.0. The summed E-state index contributed by atoms with van der Waals surface area (Å²) in [7, 11) is 2.72. The molecule has 0 radical (unpaired) electrons. The molecule has 1 unspecified atom stereocenters. The van der Waals surface area contributed by atoms with Gasteiger partial charge in [0.25, 0.3) is 5.69 Å². The average molecular weight is 694 g/mol. The molecule has 0 bridgehead atoms. The van der Waals surface area contributed by atoms with Crippen LogP contribution in [0.25, 0.3) is 0 Å². The number of allylic oxidation sites excluding steroid dienone is 2. The van der Waals surface area contributed by atoms with E-state index in [2.05, 4.69) is 0 Å². The van der Waals surface area contributed by atoms with E-state index in [4.69, 9.17) is 28.4 Å². The van der Waals surface area contributed by atoms with E-state index in [-0.39, 0.29) is 47.0 Å². The highest BCUT2D eigenvalue weighted by Crippen LogP contribution is 2.44. The van der Waals surface area contributed by atoms with Crippen molar-refractivity contribution in [3.05, 3.63) is 62.5 Å². The van der Waals surface area contributed by atoms with E-state index in [1.54, 1.807) is 34.6 Å². The quantitative estimate of drug-likeness (QED) is 0.0693. The number of esters is 3. The SMILES string of the molecule is CC.COCCOC(=O)C1=C(C)N(C(=O)OCOC(=O)CN(C)C(=O)OC(C)(C)C)C(C)=C(C(=O)OC(C)C)C1c1cccc([N+](=O)[O-])c1. The molecule has 0 aromatic heterocycles. The largest absolute Gasteiger partial charge is 0.460 e. The summed E-state index contributed by atoms with van der Waals surface area (Å²) in [6, 6.07) is 5.34. The zero-order valence-electron chi connectivity index (χ0n) is 29.9. The number of amides is 2. The van der Waals surface area contributed by atoms with E-state index in [0.29, 0.717) is 0 Å². The molecule has 16 nitrogen and oxygen atoms in total. The van der Waals surface area contributed by atoms with Crippen molar-refractivity contribution in [2.45, 2.75) is 79.9 Å². The fraction of sp³-hybridized carbons (Fsp3) is 0.545. The molecule has 1 aromatic carbocycles. The number of likely N-dealkylation sites (N-methyl/N-ethyl adjacent to an activating group) is 1. The van der Waals surface area contributed by atoms with Gasteiger partial charge in [-0.15, -0.1) is 0 Å². The summed E-state index contributed by atoms with van der Waals surface area (Å²) in [4.78, 5) is 77.9. The van der Waals surface area contributed by atoms with Crippen molar-refractivity contribution in [2.24, 2.45) is 0 Å². The predicted molar refractivity (Wildman–Crippen MR) is 175 cm³/mol. The Kier molecular flexibility index (Phi) is 16.4. The number of nitro groups is 1. The first-order valence-corrected chi connectivity index (χ1v) is 15.5. The number of ether oxygens (including phenoxy) is 6. The second-order valence-electron chi connectivity index (χ2n) is 11.6. The number of hydrogen-bond acceptors (Lipinski definition) is 13. The molecule has 2 rings (SSSR count). The van der Waals surface area contributed by atoms with Crippen LogP contribution < -0.4 is 0 Å². The van der Waals surface area contributed by atoms with Crippen molar-refractivity contribution < 1.29 is 57.3 Å². The smallest absolute Gasteiger partial charge is 0.421 e. The van der Waals surface area contributed by atoms with Gasteiger partial charge in [-0.05, 0) is 54.0 Å². The Morgan fingerprint density at radius 1 is 0.959 bits per heavy atom. The summed E-state index contributed by atoms with van der Waals surface area (Å²) in [6.07, 6.45) is -2.52. The van der Waals surface area contributed by atoms with Crippen molar-refractivity contribution in [2.75, 3.05) is 40.7 Å². The summed E-state index contributed by atoms with van der Waals surface area (Å²) in [5, 5.41) is 11.6. The van der Waals surface area contributed by atoms with Gasteiger partial charge in [0.1, 0.15) is 18.8 Å². The summed E-state index contributed by atoms with van der Waals surface area (Å²) in [5.74, 6) is -4.01. The molecule has 0 spiro atoms. The van der Waals surface area contributed by atoms with Crippen LogP contribution in [0.15, 0.2) is 46.8 Å². The first-order chi connectivity index (χ1) is 22.9. The normalized spacial score (nSPS) is 14.4. The van der Waals surface area contributed by atoms with Crippen molar-refractivity contribution in [3.63, 3.8) is 0 Å². The molecule has 1 aliphatic rings. The van der Waals surface area contributed by atoms with Crippen molar-refractivity contribution in [1.29, 1.82) is 0 Å². The maximum atomic E-state index is 13.6. The lowest BCUT2D eigenvalue weighted by molar-refractivity contribution is -0.384. The van der Waals surface area contributed by atoms with Gasteiger partial charge < -0.3 is 33.3 Å². The van der Waals surface area contributed by atoms with Gasteiger partial charge in [0.05, 0.1) is 34.7 Å². The zero-order valence-corrected chi connectivity index (χ0v) is 29.9. The van der Waals surface area contributed by atoms with Crippen LogP contribution in [-0.4, -0.2) is 97.2 Å². The van der Waals surface area contributed by atoms with Crippen LogP contribution in [0.3, 0.4) is 0 Å². The second-order valence-corrected chi connectivity index (χ2v) is 11.6. The topological polar surface area (TPSA) is 190 Å². The van der Waals surface area contributed by atoms with Crippen LogP contribution in [0, 0.1) is 10.1 Å². The van der Waals surface area contributed by atoms with Gasteiger partial charge in [0, 0.05) is 37.7 Å². The minimum Gasteiger partial charge on any atom is -0.460 e. The summed E-state index contributed by atoms with van der Waals surface area (Å²) in [6.45, 7) is 13.4. The van der Waals surface area contributed by atoms with Gasteiger partial charge in [0.2, 0.25) is 6.79 Å². The molecule has 0 fully saturated rings. The van der Waals surface area contributed by atoms with Crippen LogP contribution in [0.4, 0.5) is 15.3 Å². The third-order valence-electron chi connectivity index (χ3n) is 6.40. The molecular formula is C33H47N3O13. The molecule has 0 N–H and O–H groups in total. The van der Waals surface area contributed by atoms with Gasteiger partial charge in [-0.2, -0.15) is 0 Å². The molecule has 0 saturated heterocycles. The number of carbonyl (C=O) groups is 5. The molecule has 1 heterocycles. The number of methoxy groups -OCH3 is 1. The summed E-state index contributed by atoms with van der Waals surface area (Å²) >= 11 is 0. The van der Waals surface area contributed by atoms with Crippen molar-refractivity contribution >= 4 is 35.8 Å². The summed E-state index contributed by atoms with van der Waals surface area (Å²) in [5.41, 5.74) is -1.33. The van der Waals surface area contributed by atoms with E-state index >= 15 is 0 Å². The van der Waals surface area contributed by atoms with Gasteiger partial charge in [-0.1, -0.05) is 26.0 Å². The molecule has 2 amide bonds. The van der Waals surface area contributed by atoms with Crippen LogP contribution in [0.5, 0.6) is 0 Å². The number of non-ortho nitro benzene ring substituents is 1. The lowest BCUT2D eigenvalue weighted by Crippen LogP contribution is -2.40. The van der Waals surface area contributed by atoms with E-state index in [0.717, 1.165) is 9.80 Å². The average Bonchev–Trinajstić information content (AvgIpc) is 3.00. The Labute approximate surface area is 286 Å². The Morgan fingerprint density at radius 2 is 1.55 bits per heavy atom. The van der Waals surface area contributed by atoms with Gasteiger partial charge in [-0.3, -0.25) is 19.8 Å². The third kappa shape index (κ3) is 12.2. The number of rotatable bonds is 12. The molecule has 0 saturated carbocycles. The van der Waals surface area contributed by atoms with Gasteiger partial charge in [0.15, 0.2) is 0 Å². The lowest BCUT2D eigenvalue weighted by atomic mass is 9.79. The second kappa shape index (κ2) is 19.1. The minimum atomic E-state index is -1.25. The molecule has 1 aliphatic heterocycles. The highest BCUT2D eigenvalue weighted by atomic mass is 16.7. The lowest BCUT2D eigenvalue weighted by Gasteiger charge is -2.36. The van der Waals surface area contributed by atoms with E-state index in [1.165, 1.54) is 52.3 Å². The van der Waals surface area contributed by atoms with Crippen molar-refractivity contribution in [3.8, 4) is 0 Å². The van der Waals surface area contributed by atoms with E-state index < -0.39 is 66.0 Å². The maximum absolute atomic E-state index is 13.6. The molecule has 16 heteroatoms. The maximum Gasteiger partial charge on any atom is 0.421 e. The molecule has 1 atom stereocenters. The minimum absolute atomic E-state index is 0.0147. The molecule has 272 valence electrons. The van der Waals surface area contributed by atoms with Crippen LogP contribution in [0.1, 0.15) is 73.8 Å². The number of carbonyl (C=O) groups excluding carboxylic acids is 5. The van der Waals surface area contributed by atoms with Crippen LogP contribution in [-0.2, 0) is 42.8 Å². The first-order valence-electron chi connectivity index (χ1n) is 15.5. The highest BCUT2D eigenvalue weighted by Gasteiger charge is 2.43. The number of hydrogen-bond donors (Lipinski definition) is 0. The monoisotopic (exact) mass is 693 g/mol. The Morgan fingerprint density at radius 3 is 2.08 bits per heavy atom. The standard InChI is InChI=1S/C31H41N3O13.C2H6/c1-18(2)46-28(37)25-20(4)33(30(39)45-17-44-23(35)16-32(8)29(38)47-31(5,6)7)19(3)24(27(36)43-14-13-42-9)26(25)21-11-10-12-22(15-21)34(40)41;1-2/h10-12,15,18,26H,13-14,16-17H2,1-9H3;1-2H3. The van der Waals surface area contributed by atoms with Crippen LogP contribution in [0.2, 0.25) is 0 Å².